The summed E-state index contributed by atoms with van der Waals surface area (Å²) in [5, 5.41) is 29.8. The number of anilines is 1. The zero-order valence-corrected chi connectivity index (χ0v) is 21.0. The highest BCUT2D eigenvalue weighted by atomic mass is 16.4. The summed E-state index contributed by atoms with van der Waals surface area (Å²) < 4.78 is 8.53. The normalized spacial score (nSPS) is 17.2. The first-order valence-corrected chi connectivity index (χ1v) is 12.9. The van der Waals surface area contributed by atoms with Crippen molar-refractivity contribution in [3.8, 4) is 22.5 Å². The third-order valence-electron chi connectivity index (χ3n) is 7.69. The van der Waals surface area contributed by atoms with Crippen molar-refractivity contribution in [1.82, 2.24) is 4.58 Å². The molecule has 2 fully saturated rings. The number of aromatic carboxylic acids is 1. The van der Waals surface area contributed by atoms with E-state index in [1.54, 1.807) is 18.2 Å². The minimum atomic E-state index is -1.02. The molecule has 0 amide bonds. The second-order valence-corrected chi connectivity index (χ2v) is 10.4. The smallest absolute Gasteiger partial charge is 0.336 e. The molecule has 2 saturated heterocycles. The Kier molecular flexibility index (Phi) is 6.06. The highest BCUT2D eigenvalue weighted by molar-refractivity contribution is 6.07. The Balaban J connectivity index is 1.48. The number of hydrogen-bond acceptors (Lipinski definition) is 5. The minimum absolute atomic E-state index is 0.105. The van der Waals surface area contributed by atoms with Crippen LogP contribution >= 0.6 is 0 Å². The molecule has 0 bridgehead atoms. The molecule has 1 aliphatic carbocycles. The average molecular weight is 528 g/mol. The molecule has 0 saturated carbocycles. The maximum atomic E-state index is 12.1. The highest BCUT2D eigenvalue weighted by Crippen LogP contribution is 2.42. The maximum Gasteiger partial charge on any atom is 0.336 e. The van der Waals surface area contributed by atoms with Gasteiger partial charge in [-0.05, 0) is 29.8 Å². The van der Waals surface area contributed by atoms with Crippen LogP contribution in [0.5, 0.6) is 0 Å². The van der Waals surface area contributed by atoms with Gasteiger partial charge in [0.05, 0.1) is 30.4 Å². The Bertz CT molecular complexity index is 1670. The van der Waals surface area contributed by atoms with Gasteiger partial charge in [0.25, 0.3) is 0 Å². The van der Waals surface area contributed by atoms with Crippen molar-refractivity contribution < 1.29 is 34.1 Å². The van der Waals surface area contributed by atoms with E-state index in [9.17, 15) is 19.5 Å². The van der Waals surface area contributed by atoms with Crippen LogP contribution in [0.15, 0.2) is 65.1 Å². The summed E-state index contributed by atoms with van der Waals surface area (Å²) >= 11 is 0. The number of aliphatic carboxylic acids is 2. The summed E-state index contributed by atoms with van der Waals surface area (Å²) in [7, 11) is 0. The molecule has 2 aromatic carbocycles. The van der Waals surface area contributed by atoms with Crippen LogP contribution in [0.3, 0.4) is 0 Å². The van der Waals surface area contributed by atoms with Crippen LogP contribution in [0.25, 0.3) is 33.4 Å². The van der Waals surface area contributed by atoms with E-state index >= 15 is 0 Å². The monoisotopic (exact) mass is 527 g/mol. The molecule has 0 spiro atoms. The molecule has 39 heavy (non-hydrogen) atoms. The lowest BCUT2D eigenvalue weighted by atomic mass is 9.90. The zero-order chi connectivity index (χ0) is 27.3. The fourth-order valence-corrected chi connectivity index (χ4v) is 5.75. The third-order valence-corrected chi connectivity index (χ3v) is 7.69. The second-order valence-electron chi connectivity index (χ2n) is 10.4. The van der Waals surface area contributed by atoms with Gasteiger partial charge < -0.3 is 24.6 Å². The van der Waals surface area contributed by atoms with Crippen LogP contribution in [-0.4, -0.2) is 59.4 Å². The molecule has 3 N–H and O–H groups in total. The third kappa shape index (κ3) is 4.60. The van der Waals surface area contributed by atoms with Gasteiger partial charge in [0.2, 0.25) is 5.36 Å². The highest BCUT2D eigenvalue weighted by Gasteiger charge is 2.34. The molecular formula is C30H27N2O7+. The van der Waals surface area contributed by atoms with Crippen molar-refractivity contribution in [2.24, 2.45) is 11.8 Å². The van der Waals surface area contributed by atoms with Gasteiger partial charge >= 0.3 is 17.9 Å². The molecule has 0 unspecified atom stereocenters. The van der Waals surface area contributed by atoms with Gasteiger partial charge in [-0.25, -0.2) is 9.37 Å². The molecular weight excluding hydrogens is 500 g/mol. The van der Waals surface area contributed by atoms with Crippen LogP contribution in [0.1, 0.15) is 23.2 Å². The molecule has 6 rings (SSSR count). The van der Waals surface area contributed by atoms with Gasteiger partial charge in [0.15, 0.2) is 13.1 Å². The topological polar surface area (TPSA) is 131 Å². The molecule has 3 aliphatic heterocycles. The quantitative estimate of drug-likeness (QED) is 0.245. The Morgan fingerprint density at radius 3 is 2.28 bits per heavy atom. The lowest BCUT2D eigenvalue weighted by molar-refractivity contribution is -0.139. The summed E-state index contributed by atoms with van der Waals surface area (Å²) in [4.78, 5) is 36.4. The Morgan fingerprint density at radius 1 is 0.846 bits per heavy atom. The maximum absolute atomic E-state index is 12.1. The first-order chi connectivity index (χ1) is 18.8. The van der Waals surface area contributed by atoms with Gasteiger partial charge in [-0.15, -0.1) is 0 Å². The van der Waals surface area contributed by atoms with E-state index in [1.165, 1.54) is 0 Å². The summed E-state index contributed by atoms with van der Waals surface area (Å²) in [6.07, 6.45) is 0.281. The molecule has 0 radical (unpaired) electrons. The molecule has 0 aromatic heterocycles. The number of fused-ring (bicyclic) bond motifs is 2. The average Bonchev–Trinajstić information content (AvgIpc) is 2.85. The predicted octanol–water partition coefficient (Wildman–Crippen LogP) is 3.69. The first-order valence-electron chi connectivity index (χ1n) is 12.9. The number of benzene rings is 3. The van der Waals surface area contributed by atoms with Crippen LogP contribution in [0.4, 0.5) is 5.69 Å². The molecule has 198 valence electrons. The first kappa shape index (κ1) is 24.7. The number of nitrogens with zero attached hydrogens (tertiary/aromatic N) is 2. The SMILES string of the molecule is O=C(O)CC1CN(c2ccc3c(-c4ccccc4C(=O)O)c4ccc(=[N+]5CC(CC(=O)O)C5)cc-4oc3c2)C1. The lowest BCUT2D eigenvalue weighted by Gasteiger charge is -2.40. The molecule has 9 nitrogen and oxygen atoms in total. The molecule has 0 atom stereocenters. The number of carboxylic acids is 3. The van der Waals surface area contributed by atoms with E-state index in [0.717, 1.165) is 27.6 Å². The Morgan fingerprint density at radius 2 is 1.56 bits per heavy atom. The number of hydrogen-bond donors (Lipinski definition) is 3. The van der Waals surface area contributed by atoms with Crippen molar-refractivity contribution in [3.63, 3.8) is 0 Å². The zero-order valence-electron chi connectivity index (χ0n) is 21.0. The van der Waals surface area contributed by atoms with E-state index in [2.05, 4.69) is 9.48 Å². The van der Waals surface area contributed by atoms with Crippen LogP contribution in [0.2, 0.25) is 0 Å². The fraction of sp³-hybridized carbons (Fsp3) is 0.267. The van der Waals surface area contributed by atoms with Crippen LogP contribution < -0.4 is 14.8 Å². The minimum Gasteiger partial charge on any atom is -0.481 e. The predicted molar refractivity (Wildman–Crippen MR) is 144 cm³/mol. The van der Waals surface area contributed by atoms with Gasteiger partial charge in [-0.1, -0.05) is 18.2 Å². The molecule has 9 heteroatoms. The van der Waals surface area contributed by atoms with Gasteiger partial charge in [0.1, 0.15) is 11.3 Å². The van der Waals surface area contributed by atoms with Crippen molar-refractivity contribution in [1.29, 1.82) is 0 Å². The summed E-state index contributed by atoms with van der Waals surface area (Å²) in [5.41, 5.74) is 3.84. The Hall–Kier alpha value is -4.66. The second kappa shape index (κ2) is 9.58. The van der Waals surface area contributed by atoms with Crippen molar-refractivity contribution in [3.05, 3.63) is 71.6 Å². The molecule has 4 aliphatic rings. The van der Waals surface area contributed by atoms with E-state index in [1.807, 2.05) is 42.5 Å². The van der Waals surface area contributed by atoms with E-state index in [0.29, 0.717) is 43.1 Å². The number of carbonyl (C=O) groups is 3. The van der Waals surface area contributed by atoms with E-state index in [4.69, 9.17) is 14.6 Å². The fourth-order valence-electron chi connectivity index (χ4n) is 5.75. The van der Waals surface area contributed by atoms with Crippen LogP contribution in [-0.2, 0) is 9.59 Å². The molecule has 3 heterocycles. The number of rotatable bonds is 7. The molecule has 2 aromatic rings. The number of carboxylic acid groups (broad SMARTS) is 3. The van der Waals surface area contributed by atoms with Crippen molar-refractivity contribution >= 4 is 34.6 Å². The van der Waals surface area contributed by atoms with Gasteiger partial charge in [-0.2, -0.15) is 0 Å². The van der Waals surface area contributed by atoms with Crippen molar-refractivity contribution in [2.75, 3.05) is 31.1 Å². The van der Waals surface area contributed by atoms with Crippen LogP contribution in [0, 0.1) is 11.8 Å². The van der Waals surface area contributed by atoms with Crippen molar-refractivity contribution in [2.45, 2.75) is 12.8 Å². The van der Waals surface area contributed by atoms with E-state index < -0.39 is 17.9 Å². The summed E-state index contributed by atoms with van der Waals surface area (Å²) in [6.45, 7) is 2.60. The lowest BCUT2D eigenvalue weighted by Crippen LogP contribution is -2.49. The Labute approximate surface area is 223 Å². The van der Waals surface area contributed by atoms with Gasteiger partial charge in [0, 0.05) is 53.3 Å². The van der Waals surface area contributed by atoms with E-state index in [-0.39, 0.29) is 30.2 Å². The standard InChI is InChI=1S/C30H26N2O7/c33-27(34)9-17-13-31(14-17)19-5-7-23-25(11-19)39-26-12-20(32-15-18(16-32)10-28(35)36)6-8-24(26)29(23)21-3-1-2-4-22(21)30(37)38/h1-8,11-12,17-18H,9-10,13-16H2,(H2-,33,34,35,36,37,38)/p+1. The summed E-state index contributed by atoms with van der Waals surface area (Å²) in [5.74, 6) is -1.80. The largest absolute Gasteiger partial charge is 0.481 e. The summed E-state index contributed by atoms with van der Waals surface area (Å²) in [6, 6.07) is 18.6. The van der Waals surface area contributed by atoms with Gasteiger partial charge in [-0.3, -0.25) is 9.59 Å².